The molecule has 0 bridgehead atoms. The predicted octanol–water partition coefficient (Wildman–Crippen LogP) is 4.20. The smallest absolute Gasteiger partial charge is 0.123 e. The number of anilines is 1. The van der Waals surface area contributed by atoms with E-state index in [1.807, 2.05) is 0 Å². The van der Waals surface area contributed by atoms with Gasteiger partial charge in [0.2, 0.25) is 0 Å². The molecule has 0 aliphatic heterocycles. The van der Waals surface area contributed by atoms with Gasteiger partial charge in [-0.1, -0.05) is 32.0 Å². The third-order valence-corrected chi connectivity index (χ3v) is 3.27. The largest absolute Gasteiger partial charge is 0.398 e. The highest BCUT2D eigenvalue weighted by Gasteiger charge is 2.09. The van der Waals surface area contributed by atoms with Gasteiger partial charge in [0.05, 0.1) is 0 Å². The van der Waals surface area contributed by atoms with Crippen molar-refractivity contribution in [2.45, 2.75) is 26.7 Å². The van der Waals surface area contributed by atoms with Crippen molar-refractivity contribution in [3.8, 4) is 11.1 Å². The molecule has 2 N–H and O–H groups in total. The van der Waals surface area contributed by atoms with Crippen LogP contribution in [-0.4, -0.2) is 0 Å². The van der Waals surface area contributed by atoms with Gasteiger partial charge in [-0.25, -0.2) is 4.39 Å². The molecule has 0 saturated heterocycles. The second-order valence-electron chi connectivity index (χ2n) is 4.43. The molecule has 0 radical (unpaired) electrons. The van der Waals surface area contributed by atoms with Gasteiger partial charge >= 0.3 is 0 Å². The van der Waals surface area contributed by atoms with Crippen LogP contribution >= 0.6 is 0 Å². The lowest BCUT2D eigenvalue weighted by Gasteiger charge is -2.12. The van der Waals surface area contributed by atoms with E-state index in [1.54, 1.807) is 6.07 Å². The Morgan fingerprint density at radius 2 is 1.72 bits per heavy atom. The van der Waals surface area contributed by atoms with Gasteiger partial charge in [0.1, 0.15) is 5.82 Å². The number of hydrogen-bond acceptors (Lipinski definition) is 1. The van der Waals surface area contributed by atoms with Gasteiger partial charge in [-0.15, -0.1) is 0 Å². The Kier molecular flexibility index (Phi) is 3.66. The molecule has 2 aromatic rings. The number of rotatable bonds is 3. The summed E-state index contributed by atoms with van der Waals surface area (Å²) in [5.41, 5.74) is 10.9. The van der Waals surface area contributed by atoms with Crippen LogP contribution < -0.4 is 5.73 Å². The van der Waals surface area contributed by atoms with Gasteiger partial charge in [0.25, 0.3) is 0 Å². The first-order chi connectivity index (χ1) is 8.65. The van der Waals surface area contributed by atoms with Crippen molar-refractivity contribution in [3.63, 3.8) is 0 Å². The summed E-state index contributed by atoms with van der Waals surface area (Å²) in [6.07, 6.45) is 1.88. The molecule has 0 saturated carbocycles. The van der Waals surface area contributed by atoms with Crippen molar-refractivity contribution in [1.82, 2.24) is 0 Å². The summed E-state index contributed by atoms with van der Waals surface area (Å²) in [4.78, 5) is 0. The molecule has 2 aromatic carbocycles. The lowest BCUT2D eigenvalue weighted by molar-refractivity contribution is 0.628. The topological polar surface area (TPSA) is 26.0 Å². The van der Waals surface area contributed by atoms with Crippen molar-refractivity contribution in [2.75, 3.05) is 5.73 Å². The van der Waals surface area contributed by atoms with Crippen LogP contribution in [0.1, 0.15) is 25.0 Å². The number of benzene rings is 2. The zero-order valence-electron chi connectivity index (χ0n) is 10.8. The summed E-state index contributed by atoms with van der Waals surface area (Å²) in [6.45, 7) is 4.21. The highest BCUT2D eigenvalue weighted by atomic mass is 19.1. The van der Waals surface area contributed by atoms with Crippen LogP contribution in [0.2, 0.25) is 0 Å². The van der Waals surface area contributed by atoms with Crippen LogP contribution in [0.5, 0.6) is 0 Å². The Morgan fingerprint density at radius 1 is 0.944 bits per heavy atom. The maximum absolute atomic E-state index is 13.4. The minimum atomic E-state index is -0.247. The van der Waals surface area contributed by atoms with Gasteiger partial charge in [0.15, 0.2) is 0 Å². The van der Waals surface area contributed by atoms with Crippen LogP contribution in [0.4, 0.5) is 10.1 Å². The Bertz CT molecular complexity index is 561. The van der Waals surface area contributed by atoms with Crippen molar-refractivity contribution in [2.24, 2.45) is 0 Å². The van der Waals surface area contributed by atoms with Crippen LogP contribution in [0.25, 0.3) is 11.1 Å². The van der Waals surface area contributed by atoms with Crippen molar-refractivity contribution in [3.05, 3.63) is 53.3 Å². The molecule has 2 rings (SSSR count). The van der Waals surface area contributed by atoms with Crippen molar-refractivity contribution in [1.29, 1.82) is 0 Å². The molecule has 0 unspecified atom stereocenters. The summed E-state index contributed by atoms with van der Waals surface area (Å²) in [5, 5.41) is 0. The molecule has 0 aliphatic rings. The van der Waals surface area contributed by atoms with E-state index in [-0.39, 0.29) is 5.82 Å². The van der Waals surface area contributed by atoms with E-state index >= 15 is 0 Å². The van der Waals surface area contributed by atoms with E-state index in [0.717, 1.165) is 24.0 Å². The Labute approximate surface area is 107 Å². The quantitative estimate of drug-likeness (QED) is 0.803. The van der Waals surface area contributed by atoms with Gasteiger partial charge in [-0.2, -0.15) is 0 Å². The predicted molar refractivity (Wildman–Crippen MR) is 75.0 cm³/mol. The zero-order chi connectivity index (χ0) is 13.1. The molecule has 0 fully saturated rings. The van der Waals surface area contributed by atoms with Crippen molar-refractivity contribution >= 4 is 5.69 Å². The summed E-state index contributed by atoms with van der Waals surface area (Å²) in [6, 6.07) is 10.9. The third kappa shape index (κ3) is 2.37. The zero-order valence-corrected chi connectivity index (χ0v) is 10.8. The van der Waals surface area contributed by atoms with Crippen LogP contribution in [-0.2, 0) is 12.8 Å². The highest BCUT2D eigenvalue weighted by molar-refractivity contribution is 5.79. The summed E-state index contributed by atoms with van der Waals surface area (Å²) in [7, 11) is 0. The first-order valence-corrected chi connectivity index (χ1v) is 6.33. The lowest BCUT2D eigenvalue weighted by atomic mass is 9.94. The molecular weight excluding hydrogens is 225 g/mol. The molecule has 94 valence electrons. The molecule has 1 nitrogen and oxygen atoms in total. The standard InChI is InChI=1S/C16H18FN/c1-3-11-5-6-12(4-2)14(9-11)15-10-13(17)7-8-16(15)18/h5-10H,3-4,18H2,1-2H3. The molecule has 0 atom stereocenters. The Morgan fingerprint density at radius 3 is 2.39 bits per heavy atom. The molecular formula is C16H18FN. The number of aryl methyl sites for hydroxylation is 2. The molecule has 0 spiro atoms. The van der Waals surface area contributed by atoms with E-state index in [0.29, 0.717) is 5.69 Å². The molecule has 0 heterocycles. The average Bonchev–Trinajstić information content (AvgIpc) is 2.40. The van der Waals surface area contributed by atoms with Crippen LogP contribution in [0.3, 0.4) is 0 Å². The summed E-state index contributed by atoms with van der Waals surface area (Å²) >= 11 is 0. The maximum atomic E-state index is 13.4. The van der Waals surface area contributed by atoms with E-state index in [4.69, 9.17) is 5.73 Å². The van der Waals surface area contributed by atoms with Crippen LogP contribution in [0.15, 0.2) is 36.4 Å². The van der Waals surface area contributed by atoms with Gasteiger partial charge in [0, 0.05) is 11.3 Å². The first-order valence-electron chi connectivity index (χ1n) is 6.33. The third-order valence-electron chi connectivity index (χ3n) is 3.27. The van der Waals surface area contributed by atoms with Gasteiger partial charge in [-0.05, 0) is 47.7 Å². The fourth-order valence-corrected chi connectivity index (χ4v) is 2.16. The molecule has 0 aliphatic carbocycles. The highest BCUT2D eigenvalue weighted by Crippen LogP contribution is 2.31. The number of halogens is 1. The summed E-state index contributed by atoms with van der Waals surface area (Å²) in [5.74, 6) is -0.247. The van der Waals surface area contributed by atoms with Gasteiger partial charge < -0.3 is 5.73 Å². The minimum Gasteiger partial charge on any atom is -0.398 e. The van der Waals surface area contributed by atoms with E-state index < -0.39 is 0 Å². The average molecular weight is 243 g/mol. The Hall–Kier alpha value is -1.83. The number of nitrogen functional groups attached to an aromatic ring is 1. The fourth-order valence-electron chi connectivity index (χ4n) is 2.16. The summed E-state index contributed by atoms with van der Waals surface area (Å²) < 4.78 is 13.4. The second kappa shape index (κ2) is 5.21. The van der Waals surface area contributed by atoms with Crippen molar-refractivity contribution < 1.29 is 4.39 Å². The molecule has 0 amide bonds. The van der Waals surface area contributed by atoms with E-state index in [1.165, 1.54) is 23.3 Å². The number of hydrogen-bond donors (Lipinski definition) is 1. The fraction of sp³-hybridized carbons (Fsp3) is 0.250. The number of nitrogens with two attached hydrogens (primary N) is 1. The monoisotopic (exact) mass is 243 g/mol. The maximum Gasteiger partial charge on any atom is 0.123 e. The minimum absolute atomic E-state index is 0.247. The lowest BCUT2D eigenvalue weighted by Crippen LogP contribution is -1.96. The van der Waals surface area contributed by atoms with Gasteiger partial charge in [-0.3, -0.25) is 0 Å². The molecule has 0 aromatic heterocycles. The normalized spacial score (nSPS) is 10.6. The first kappa shape index (κ1) is 12.6. The van der Waals surface area contributed by atoms with Crippen LogP contribution in [0, 0.1) is 5.82 Å². The SMILES string of the molecule is CCc1ccc(CC)c(-c2cc(F)ccc2N)c1. The Balaban J connectivity index is 2.64. The molecule has 18 heavy (non-hydrogen) atoms. The van der Waals surface area contributed by atoms with E-state index in [2.05, 4.69) is 32.0 Å². The second-order valence-corrected chi connectivity index (χ2v) is 4.43. The van der Waals surface area contributed by atoms with E-state index in [9.17, 15) is 4.39 Å². The molecule has 2 heteroatoms.